The maximum atomic E-state index is 5.92. The van der Waals surface area contributed by atoms with Gasteiger partial charge in [-0.15, -0.1) is 0 Å². The van der Waals surface area contributed by atoms with E-state index in [1.54, 1.807) is 0 Å². The highest BCUT2D eigenvalue weighted by Crippen LogP contribution is 2.35. The molecule has 0 radical (unpaired) electrons. The second-order valence-electron chi connectivity index (χ2n) is 5.27. The molecule has 1 aliphatic heterocycles. The van der Waals surface area contributed by atoms with Gasteiger partial charge < -0.3 is 10.1 Å². The van der Waals surface area contributed by atoms with Crippen LogP contribution in [0.5, 0.6) is 0 Å². The van der Waals surface area contributed by atoms with Gasteiger partial charge in [-0.3, -0.25) is 0 Å². The molecular formula is C13H25NO. The normalized spacial score (nSPS) is 34.0. The average Bonchev–Trinajstić information content (AvgIpc) is 2.55. The summed E-state index contributed by atoms with van der Waals surface area (Å²) in [4.78, 5) is 0. The molecule has 88 valence electrons. The second kappa shape index (κ2) is 5.31. The number of ether oxygens (including phenoxy) is 1. The molecular weight excluding hydrogens is 186 g/mol. The van der Waals surface area contributed by atoms with E-state index in [-0.39, 0.29) is 0 Å². The zero-order valence-electron chi connectivity index (χ0n) is 10.2. The van der Waals surface area contributed by atoms with Crippen molar-refractivity contribution < 1.29 is 4.74 Å². The Morgan fingerprint density at radius 2 is 2.13 bits per heavy atom. The van der Waals surface area contributed by atoms with Crippen LogP contribution in [0.15, 0.2) is 0 Å². The minimum absolute atomic E-state index is 0.488. The summed E-state index contributed by atoms with van der Waals surface area (Å²) in [6.07, 6.45) is 7.21. The third-order valence-corrected chi connectivity index (χ3v) is 4.09. The van der Waals surface area contributed by atoms with Crippen molar-refractivity contribution in [2.75, 3.05) is 13.2 Å². The SMILES string of the molecule is CCCNC(C1CCC1)C1OCCC1C. The van der Waals surface area contributed by atoms with Crippen LogP contribution in [0.2, 0.25) is 0 Å². The number of rotatable bonds is 5. The van der Waals surface area contributed by atoms with E-state index in [0.29, 0.717) is 12.1 Å². The Labute approximate surface area is 93.8 Å². The molecule has 3 atom stereocenters. The van der Waals surface area contributed by atoms with Crippen molar-refractivity contribution in [3.8, 4) is 0 Å². The Kier molecular flexibility index (Phi) is 4.04. The van der Waals surface area contributed by atoms with E-state index in [1.807, 2.05) is 0 Å². The quantitative estimate of drug-likeness (QED) is 0.754. The molecule has 2 heteroatoms. The first-order valence-electron chi connectivity index (χ1n) is 6.68. The van der Waals surface area contributed by atoms with Gasteiger partial charge in [-0.05, 0) is 44.1 Å². The molecule has 1 saturated heterocycles. The Hall–Kier alpha value is -0.0800. The van der Waals surface area contributed by atoms with E-state index in [9.17, 15) is 0 Å². The van der Waals surface area contributed by atoms with Gasteiger partial charge in [-0.2, -0.15) is 0 Å². The van der Waals surface area contributed by atoms with Crippen LogP contribution in [0.3, 0.4) is 0 Å². The van der Waals surface area contributed by atoms with Gasteiger partial charge in [-0.1, -0.05) is 20.3 Å². The van der Waals surface area contributed by atoms with E-state index < -0.39 is 0 Å². The zero-order valence-corrected chi connectivity index (χ0v) is 10.2. The van der Waals surface area contributed by atoms with Gasteiger partial charge in [0, 0.05) is 12.6 Å². The number of hydrogen-bond donors (Lipinski definition) is 1. The van der Waals surface area contributed by atoms with Crippen LogP contribution in [0.4, 0.5) is 0 Å². The Morgan fingerprint density at radius 1 is 1.33 bits per heavy atom. The summed E-state index contributed by atoms with van der Waals surface area (Å²) in [6, 6.07) is 0.635. The molecule has 3 unspecified atom stereocenters. The zero-order chi connectivity index (χ0) is 10.7. The molecule has 2 nitrogen and oxygen atoms in total. The fourth-order valence-electron chi connectivity index (χ4n) is 2.84. The Balaban J connectivity index is 1.90. The van der Waals surface area contributed by atoms with Gasteiger partial charge >= 0.3 is 0 Å². The molecule has 2 aliphatic rings. The summed E-state index contributed by atoms with van der Waals surface area (Å²) in [5.74, 6) is 1.64. The fourth-order valence-corrected chi connectivity index (χ4v) is 2.84. The lowest BCUT2D eigenvalue weighted by atomic mass is 9.75. The Morgan fingerprint density at radius 3 is 2.60 bits per heavy atom. The van der Waals surface area contributed by atoms with Gasteiger partial charge in [0.1, 0.15) is 0 Å². The monoisotopic (exact) mass is 211 g/mol. The molecule has 0 aromatic rings. The van der Waals surface area contributed by atoms with E-state index in [1.165, 1.54) is 32.1 Å². The van der Waals surface area contributed by atoms with Gasteiger partial charge in [0.15, 0.2) is 0 Å². The summed E-state index contributed by atoms with van der Waals surface area (Å²) in [6.45, 7) is 6.71. The van der Waals surface area contributed by atoms with Crippen molar-refractivity contribution in [2.24, 2.45) is 11.8 Å². The molecule has 15 heavy (non-hydrogen) atoms. The smallest absolute Gasteiger partial charge is 0.0756 e. The average molecular weight is 211 g/mol. The van der Waals surface area contributed by atoms with Crippen LogP contribution in [0, 0.1) is 11.8 Å². The summed E-state index contributed by atoms with van der Waals surface area (Å²) < 4.78 is 5.92. The molecule has 0 aromatic carbocycles. The lowest BCUT2D eigenvalue weighted by molar-refractivity contribution is 0.0243. The van der Waals surface area contributed by atoms with Crippen molar-refractivity contribution in [3.63, 3.8) is 0 Å². The highest BCUT2D eigenvalue weighted by Gasteiger charge is 2.38. The molecule has 0 aromatic heterocycles. The maximum absolute atomic E-state index is 5.92. The molecule has 1 saturated carbocycles. The molecule has 0 amide bonds. The van der Waals surface area contributed by atoms with Gasteiger partial charge in [0.25, 0.3) is 0 Å². The second-order valence-corrected chi connectivity index (χ2v) is 5.27. The van der Waals surface area contributed by atoms with Gasteiger partial charge in [0.2, 0.25) is 0 Å². The van der Waals surface area contributed by atoms with Crippen molar-refractivity contribution in [1.82, 2.24) is 5.32 Å². The highest BCUT2D eigenvalue weighted by atomic mass is 16.5. The molecule has 1 N–H and O–H groups in total. The molecule has 1 aliphatic carbocycles. The summed E-state index contributed by atoms with van der Waals surface area (Å²) in [5, 5.41) is 3.72. The fraction of sp³-hybridized carbons (Fsp3) is 1.00. The van der Waals surface area contributed by atoms with Gasteiger partial charge in [0.05, 0.1) is 6.10 Å². The maximum Gasteiger partial charge on any atom is 0.0756 e. The van der Waals surface area contributed by atoms with Crippen molar-refractivity contribution >= 4 is 0 Å². The third-order valence-electron chi connectivity index (χ3n) is 4.09. The van der Waals surface area contributed by atoms with Crippen molar-refractivity contribution in [3.05, 3.63) is 0 Å². The predicted octanol–water partition coefficient (Wildman–Crippen LogP) is 2.58. The van der Waals surface area contributed by atoms with Crippen LogP contribution < -0.4 is 5.32 Å². The first kappa shape index (κ1) is 11.4. The van der Waals surface area contributed by atoms with E-state index in [0.717, 1.165) is 25.0 Å². The number of nitrogens with one attached hydrogen (secondary N) is 1. The summed E-state index contributed by atoms with van der Waals surface area (Å²) >= 11 is 0. The van der Waals surface area contributed by atoms with Crippen molar-refractivity contribution in [2.45, 2.75) is 58.1 Å². The van der Waals surface area contributed by atoms with Crippen LogP contribution in [-0.2, 0) is 4.74 Å². The summed E-state index contributed by atoms with van der Waals surface area (Å²) in [5.41, 5.74) is 0. The van der Waals surface area contributed by atoms with Crippen LogP contribution in [0.25, 0.3) is 0 Å². The molecule has 0 spiro atoms. The first-order chi connectivity index (χ1) is 7.33. The minimum atomic E-state index is 0.488. The van der Waals surface area contributed by atoms with E-state index >= 15 is 0 Å². The Bertz CT molecular complexity index is 191. The van der Waals surface area contributed by atoms with Crippen LogP contribution in [0.1, 0.15) is 46.0 Å². The minimum Gasteiger partial charge on any atom is -0.376 e. The molecule has 0 bridgehead atoms. The standard InChI is InChI=1S/C13H25NO/c1-3-8-14-12(11-5-4-6-11)13-10(2)7-9-15-13/h10-14H,3-9H2,1-2H3. The topological polar surface area (TPSA) is 21.3 Å². The first-order valence-corrected chi connectivity index (χ1v) is 6.68. The number of hydrogen-bond acceptors (Lipinski definition) is 2. The molecule has 1 heterocycles. The van der Waals surface area contributed by atoms with Gasteiger partial charge in [-0.25, -0.2) is 0 Å². The lowest BCUT2D eigenvalue weighted by Crippen LogP contribution is -2.49. The molecule has 2 rings (SSSR count). The van der Waals surface area contributed by atoms with Crippen molar-refractivity contribution in [1.29, 1.82) is 0 Å². The highest BCUT2D eigenvalue weighted by molar-refractivity contribution is 4.92. The third kappa shape index (κ3) is 2.54. The van der Waals surface area contributed by atoms with Crippen LogP contribution in [-0.4, -0.2) is 25.3 Å². The van der Waals surface area contributed by atoms with E-state index in [2.05, 4.69) is 19.2 Å². The lowest BCUT2D eigenvalue weighted by Gasteiger charge is -2.39. The predicted molar refractivity (Wildman–Crippen MR) is 62.9 cm³/mol. The summed E-state index contributed by atoms with van der Waals surface area (Å²) in [7, 11) is 0. The largest absolute Gasteiger partial charge is 0.376 e. The van der Waals surface area contributed by atoms with Crippen LogP contribution >= 0.6 is 0 Å². The molecule has 2 fully saturated rings. The van der Waals surface area contributed by atoms with E-state index in [4.69, 9.17) is 4.74 Å².